The van der Waals surface area contributed by atoms with E-state index in [2.05, 4.69) is 36.1 Å². The van der Waals surface area contributed by atoms with E-state index in [4.69, 9.17) is 19.6 Å². The number of phenols is 1. The second-order valence-electron chi connectivity index (χ2n) is 25.3. The molecule has 1 saturated carbocycles. The number of aromatic nitrogens is 3. The van der Waals surface area contributed by atoms with Crippen LogP contribution in [0.5, 0.6) is 17.2 Å². The average Bonchev–Trinajstić information content (AvgIpc) is 1.66. The van der Waals surface area contributed by atoms with Crippen molar-refractivity contribution in [3.63, 3.8) is 0 Å². The van der Waals surface area contributed by atoms with E-state index in [-0.39, 0.29) is 37.0 Å². The van der Waals surface area contributed by atoms with Crippen molar-refractivity contribution in [2.45, 2.75) is 176 Å². The molecule has 2 aromatic heterocycles. The molecule has 13 atom stereocenters. The number of aliphatic hydroxyl groups is 8. The number of carbonyl (C=O) groups is 6. The Kier molecular flexibility index (Phi) is 27.1. The van der Waals surface area contributed by atoms with E-state index >= 15 is 0 Å². The summed E-state index contributed by atoms with van der Waals surface area (Å²) in [6.07, 6.45) is -3.36. The first-order valence-electron chi connectivity index (χ1n) is 32.4. The van der Waals surface area contributed by atoms with Crippen molar-refractivity contribution in [2.75, 3.05) is 66.3 Å². The molecule has 2 unspecified atom stereocenters. The van der Waals surface area contributed by atoms with Crippen molar-refractivity contribution in [3.8, 4) is 27.8 Å². The van der Waals surface area contributed by atoms with Gasteiger partial charge < -0.3 is 101 Å². The number of aliphatic hydroxyl groups excluding tert-OH is 8. The molecule has 96 heavy (non-hydrogen) atoms. The zero-order valence-electron chi connectivity index (χ0n) is 53.7. The third-order valence-corrected chi connectivity index (χ3v) is 19.4. The van der Waals surface area contributed by atoms with Crippen molar-refractivity contribution in [3.05, 3.63) is 59.9 Å². The summed E-state index contributed by atoms with van der Waals surface area (Å²) in [5.74, 6) is -8.31. The van der Waals surface area contributed by atoms with Crippen LogP contribution in [0.25, 0.3) is 15.5 Å². The number of ether oxygens (including phenoxy) is 2. The van der Waals surface area contributed by atoms with Gasteiger partial charge in [0.05, 0.1) is 80.4 Å². The number of nitrogens with zero attached hydrogens (tertiary/aromatic N) is 5. The normalized spacial score (nSPS) is 27.1. The Hall–Kier alpha value is -6.77. The molecule has 4 fully saturated rings. The van der Waals surface area contributed by atoms with Crippen LogP contribution in [0, 0.1) is 11.8 Å². The molecule has 3 saturated heterocycles. The highest BCUT2D eigenvalue weighted by Gasteiger charge is 2.50. The van der Waals surface area contributed by atoms with E-state index in [0.29, 0.717) is 19.4 Å². The molecule has 5 heterocycles. The standard InChI is InChI=1S/C62H91N11O21S2/c1-33-28-72-53(54(33)82)58(86)65-27-40(77)24-43(64-26-35-8-11-37(12-9-35)44-30-73-62(66-44)95-59(70-73)38-13-15-42(16-14-38)93-21-7-5-4-6-20-92-3)55(83)67-50(34(2)76)60(87)71-29-41(78)25-45(71)56(84)68-51(48(81)22-36-10-17-46(79)49(23-36)94-96(89,90)91)57(85)69-52(61(72)88)47(80)18-19-63-39(31-74)32-75/h10,13-17,23,30,33-35,37,39-41,43,45,47-48,50-54,63-64,74-82H,4-9,11-12,18-22,24-29,31-32H2,1-3H3,(H,65,86)(H,67,83)(H,68,84)(H,69,85)(H,89,90,91)/t33-,34+,35?,37?,40+,41+,43?,45-,47+,48+,50?,51-,52-,53-,54-/m0/s1. The molecule has 1 aliphatic carbocycles. The van der Waals surface area contributed by atoms with Crippen LogP contribution in [-0.2, 0) is 50.3 Å². The zero-order chi connectivity index (χ0) is 69.5. The highest BCUT2D eigenvalue weighted by molar-refractivity contribution is 7.81. The lowest BCUT2D eigenvalue weighted by Crippen LogP contribution is -2.64. The van der Waals surface area contributed by atoms with Crippen LogP contribution in [-0.4, -0.2) is 264 Å². The highest BCUT2D eigenvalue weighted by atomic mass is 32.3. The Labute approximate surface area is 559 Å². The molecule has 4 aromatic rings. The number of nitrogens with one attached hydrogen (secondary N) is 6. The molecule has 8 rings (SSSR count). The maximum atomic E-state index is 15.0. The minimum absolute atomic E-state index is 0.00996. The molecule has 532 valence electrons. The molecule has 2 aromatic carbocycles. The van der Waals surface area contributed by atoms with E-state index in [0.717, 1.165) is 100 Å². The van der Waals surface area contributed by atoms with E-state index in [9.17, 15) is 87.7 Å². The molecule has 4 aliphatic rings. The lowest BCUT2D eigenvalue weighted by atomic mass is 9.80. The smallest absolute Gasteiger partial charge is 0.446 e. The lowest BCUT2D eigenvalue weighted by Gasteiger charge is -2.34. The maximum absolute atomic E-state index is 15.0. The van der Waals surface area contributed by atoms with Gasteiger partial charge in [-0.3, -0.25) is 33.3 Å². The number of carbonyl (C=O) groups excluding carboxylic acids is 6. The summed E-state index contributed by atoms with van der Waals surface area (Å²) in [6.45, 7) is 1.54. The Balaban J connectivity index is 1.02. The summed E-state index contributed by atoms with van der Waals surface area (Å²) in [7, 11) is -3.52. The van der Waals surface area contributed by atoms with E-state index in [1.165, 1.54) is 25.2 Å². The SMILES string of the molecule is COCCCCCCOc1ccc(-c2nn3cc(C4CCC(CNC5C[C@@H](O)CNC(=O)[C@@H]6[C@@H](O)[C@@H](C)CN6C(=O)[C@H]([C@H](O)CCNC(CO)CO)NC(=O)[C@H]([C@H](O)Cc6ccc(O)c(OS(=O)(=O)O)c6)NC(=O)[C@@H]6C[C@@H](O)CN6C(=O)C([C@@H](C)O)NC5=O)CC4)nc3s2)cc1. The maximum Gasteiger partial charge on any atom is 0.446 e. The van der Waals surface area contributed by atoms with Gasteiger partial charge in [-0.15, -0.1) is 0 Å². The highest BCUT2D eigenvalue weighted by Crippen LogP contribution is 2.37. The van der Waals surface area contributed by atoms with Gasteiger partial charge in [0.15, 0.2) is 11.5 Å². The lowest BCUT2D eigenvalue weighted by molar-refractivity contribution is -0.147. The number of benzene rings is 2. The van der Waals surface area contributed by atoms with Crippen LogP contribution in [0.1, 0.15) is 102 Å². The molecule has 0 spiro atoms. The molecule has 0 bridgehead atoms. The van der Waals surface area contributed by atoms with E-state index in [1.54, 1.807) is 11.6 Å². The molecule has 3 aliphatic heterocycles. The van der Waals surface area contributed by atoms with Crippen LogP contribution >= 0.6 is 11.3 Å². The number of rotatable bonds is 26. The Morgan fingerprint density at radius 1 is 0.781 bits per heavy atom. The summed E-state index contributed by atoms with van der Waals surface area (Å²) >= 11 is 1.47. The van der Waals surface area contributed by atoms with Crippen molar-refractivity contribution < 1.29 is 101 Å². The predicted octanol–water partition coefficient (Wildman–Crippen LogP) is -2.65. The summed E-state index contributed by atoms with van der Waals surface area (Å²) < 4.78 is 49.9. The van der Waals surface area contributed by atoms with E-state index < -0.39 is 194 Å². The topological polar surface area (TPSA) is 475 Å². The van der Waals surface area contributed by atoms with Crippen molar-refractivity contribution in [1.82, 2.24) is 56.3 Å². The van der Waals surface area contributed by atoms with Crippen LogP contribution in [0.2, 0.25) is 0 Å². The van der Waals surface area contributed by atoms with Crippen LogP contribution in [0.4, 0.5) is 0 Å². The van der Waals surface area contributed by atoms with Crippen molar-refractivity contribution >= 4 is 62.1 Å². The Bertz CT molecular complexity index is 3340. The molecule has 16 N–H and O–H groups in total. The predicted molar refractivity (Wildman–Crippen MR) is 343 cm³/mol. The first kappa shape index (κ1) is 75.0. The monoisotopic (exact) mass is 1390 g/mol. The summed E-state index contributed by atoms with van der Waals surface area (Å²) in [5.41, 5.74) is 1.72. The number of hydrogen-bond donors (Lipinski definition) is 16. The fraction of sp³-hybridized carbons (Fsp3) is 0.645. The van der Waals surface area contributed by atoms with Crippen molar-refractivity contribution in [1.29, 1.82) is 0 Å². The molecule has 34 heteroatoms. The molecular weight excluding hydrogens is 1300 g/mol. The van der Waals surface area contributed by atoms with Crippen molar-refractivity contribution in [2.24, 2.45) is 11.8 Å². The summed E-state index contributed by atoms with van der Waals surface area (Å²) in [6, 6.07) is -1.03. The van der Waals surface area contributed by atoms with Gasteiger partial charge >= 0.3 is 10.4 Å². The second kappa shape index (κ2) is 34.6. The number of β-amino-alcohol motifs (C(OH)–C–C–N with tert-alkyl or cyclic N) is 1. The zero-order valence-corrected chi connectivity index (χ0v) is 55.4. The van der Waals surface area contributed by atoms with Gasteiger partial charge in [-0.05, 0) is 126 Å². The average molecular weight is 1390 g/mol. The molecule has 32 nitrogen and oxygen atoms in total. The summed E-state index contributed by atoms with van der Waals surface area (Å²) in [5, 5.41) is 120. The number of amides is 6. The van der Waals surface area contributed by atoms with Crippen LogP contribution in [0.3, 0.4) is 0 Å². The van der Waals surface area contributed by atoms with Gasteiger partial charge in [0, 0.05) is 63.6 Å². The number of aromatic hydroxyl groups is 1. The van der Waals surface area contributed by atoms with Crippen LogP contribution < -0.4 is 40.8 Å². The minimum atomic E-state index is -5.22. The first-order valence-corrected chi connectivity index (χ1v) is 34.6. The number of methoxy groups -OCH3 is 1. The van der Waals surface area contributed by atoms with E-state index in [1.807, 2.05) is 30.5 Å². The number of fused-ring (bicyclic) bond motifs is 3. The van der Waals surface area contributed by atoms with Gasteiger partial charge in [-0.2, -0.15) is 13.5 Å². The first-order chi connectivity index (χ1) is 45.7. The molecule has 6 amide bonds. The number of unbranched alkanes of at least 4 members (excludes halogenated alkanes) is 3. The number of phenolic OH excluding ortho intramolecular Hbond substituents is 1. The van der Waals surface area contributed by atoms with Gasteiger partial charge in [-0.25, -0.2) is 9.50 Å². The van der Waals surface area contributed by atoms with Crippen LogP contribution in [0.15, 0.2) is 48.7 Å². The Morgan fingerprint density at radius 3 is 2.12 bits per heavy atom. The Morgan fingerprint density at radius 2 is 1.46 bits per heavy atom. The fourth-order valence-corrected chi connectivity index (χ4v) is 13.8. The molecule has 0 radical (unpaired) electrons. The molecular formula is C62H91N11O21S2. The number of hydrogen-bond acceptors (Lipinski definition) is 25. The van der Waals surface area contributed by atoms with Gasteiger partial charge in [-0.1, -0.05) is 30.7 Å². The van der Waals surface area contributed by atoms with Gasteiger partial charge in [0.2, 0.25) is 40.4 Å². The summed E-state index contributed by atoms with van der Waals surface area (Å²) in [4.78, 5) is 95.6. The fourth-order valence-electron chi connectivity index (χ4n) is 12.6. The number of imidazole rings is 1. The second-order valence-corrected chi connectivity index (χ2v) is 27.3. The third-order valence-electron chi connectivity index (χ3n) is 18.0. The quantitative estimate of drug-likeness (QED) is 0.0225. The van der Waals surface area contributed by atoms with Gasteiger partial charge in [0.25, 0.3) is 0 Å². The third kappa shape index (κ3) is 20.0. The minimum Gasteiger partial charge on any atom is -0.504 e. The largest absolute Gasteiger partial charge is 0.504 e. The van der Waals surface area contributed by atoms with Gasteiger partial charge in [0.1, 0.15) is 41.0 Å².